The average Bonchev–Trinajstić information content (AvgIpc) is 3.32. The largest absolute Gasteiger partial charge is 0.378 e. The summed E-state index contributed by atoms with van der Waals surface area (Å²) in [5.74, 6) is 0. The molecule has 6 rings (SSSR count). The van der Waals surface area contributed by atoms with E-state index in [2.05, 4.69) is 32.3 Å². The Balaban J connectivity index is 1.31. The van der Waals surface area contributed by atoms with Gasteiger partial charge in [0, 0.05) is 42.8 Å². The zero-order valence-electron chi connectivity index (χ0n) is 20.3. The SMILES string of the molecule is Cc1ncnc2ccc(-c3sc(NC(=O)N4CCN(C5COC5)CC4)nc3-c3cccc(C#N)c3)cc12. The maximum atomic E-state index is 13.1. The standard InChI is InChI=1S/C27H25N7O2S/c1-17-22-12-20(5-6-23(22)30-16-29-17)25-24(19-4-2-3-18(11-19)13-28)31-26(37-25)32-27(35)34-9-7-33(8-10-34)21-14-36-15-21/h2-6,11-12,16,21H,7-10,14-15H2,1H3,(H,31,32,35). The number of fused-ring (bicyclic) bond motifs is 1. The van der Waals surface area contributed by atoms with Gasteiger partial charge in [0.1, 0.15) is 6.33 Å². The lowest BCUT2D eigenvalue weighted by Gasteiger charge is -2.42. The zero-order chi connectivity index (χ0) is 25.4. The lowest BCUT2D eigenvalue weighted by atomic mass is 10.0. The van der Waals surface area contributed by atoms with Crippen molar-refractivity contribution in [2.24, 2.45) is 0 Å². The number of nitrogens with zero attached hydrogens (tertiary/aromatic N) is 6. The van der Waals surface area contributed by atoms with Gasteiger partial charge >= 0.3 is 6.03 Å². The maximum Gasteiger partial charge on any atom is 0.323 e. The molecule has 37 heavy (non-hydrogen) atoms. The molecule has 2 aromatic carbocycles. The summed E-state index contributed by atoms with van der Waals surface area (Å²) in [5.41, 5.74) is 4.82. The fraction of sp³-hybridized carbons (Fsp3) is 0.296. The quantitative estimate of drug-likeness (QED) is 0.439. The fourth-order valence-corrected chi connectivity index (χ4v) is 5.70. The Labute approximate surface area is 218 Å². The summed E-state index contributed by atoms with van der Waals surface area (Å²) in [6.45, 7) is 6.55. The van der Waals surface area contributed by atoms with Crippen molar-refractivity contribution >= 4 is 33.4 Å². The molecule has 0 bridgehead atoms. The molecule has 0 spiro atoms. The van der Waals surface area contributed by atoms with Crippen molar-refractivity contribution in [3.8, 4) is 27.8 Å². The molecule has 0 aliphatic carbocycles. The van der Waals surface area contributed by atoms with E-state index in [1.54, 1.807) is 12.4 Å². The highest BCUT2D eigenvalue weighted by molar-refractivity contribution is 7.19. The number of hydrogen-bond donors (Lipinski definition) is 1. The molecule has 2 saturated heterocycles. The summed E-state index contributed by atoms with van der Waals surface area (Å²) >= 11 is 1.43. The Morgan fingerprint density at radius 2 is 1.95 bits per heavy atom. The Morgan fingerprint density at radius 3 is 2.70 bits per heavy atom. The second-order valence-electron chi connectivity index (χ2n) is 9.22. The van der Waals surface area contributed by atoms with Crippen molar-refractivity contribution in [3.63, 3.8) is 0 Å². The van der Waals surface area contributed by atoms with E-state index in [-0.39, 0.29) is 6.03 Å². The number of nitrogens with one attached hydrogen (secondary N) is 1. The number of carbonyl (C=O) groups excluding carboxylic acids is 1. The van der Waals surface area contributed by atoms with Crippen LogP contribution in [0.1, 0.15) is 11.3 Å². The first-order valence-corrected chi connectivity index (χ1v) is 13.0. The number of amides is 2. The van der Waals surface area contributed by atoms with E-state index in [0.717, 1.165) is 64.6 Å². The van der Waals surface area contributed by atoms with Crippen molar-refractivity contribution in [1.29, 1.82) is 5.26 Å². The van der Waals surface area contributed by atoms with E-state index in [1.807, 2.05) is 42.2 Å². The summed E-state index contributed by atoms with van der Waals surface area (Å²) in [6, 6.07) is 15.9. The van der Waals surface area contributed by atoms with Gasteiger partial charge in [0.2, 0.25) is 0 Å². The third-order valence-electron chi connectivity index (χ3n) is 6.94. The first kappa shape index (κ1) is 23.5. The topological polar surface area (TPSA) is 107 Å². The Hall–Kier alpha value is -3.91. The maximum absolute atomic E-state index is 13.1. The number of piperazine rings is 1. The highest BCUT2D eigenvalue weighted by atomic mass is 32.1. The van der Waals surface area contributed by atoms with Gasteiger partial charge in [-0.25, -0.2) is 19.7 Å². The molecule has 4 aromatic rings. The van der Waals surface area contributed by atoms with Gasteiger partial charge in [-0.2, -0.15) is 5.26 Å². The number of ether oxygens (including phenoxy) is 1. The van der Waals surface area contributed by atoms with Crippen LogP contribution in [0.25, 0.3) is 32.6 Å². The number of hydrogen-bond acceptors (Lipinski definition) is 8. The predicted molar refractivity (Wildman–Crippen MR) is 142 cm³/mol. The number of benzene rings is 2. The second kappa shape index (κ2) is 9.86. The Kier molecular flexibility index (Phi) is 6.26. The number of nitriles is 1. The van der Waals surface area contributed by atoms with E-state index < -0.39 is 0 Å². The number of anilines is 1. The van der Waals surface area contributed by atoms with Gasteiger partial charge in [0.05, 0.1) is 47.0 Å². The molecule has 0 radical (unpaired) electrons. The summed E-state index contributed by atoms with van der Waals surface area (Å²) in [4.78, 5) is 31.8. The van der Waals surface area contributed by atoms with Gasteiger partial charge in [-0.1, -0.05) is 29.5 Å². The molecule has 2 aromatic heterocycles. The third-order valence-corrected chi connectivity index (χ3v) is 7.96. The van der Waals surface area contributed by atoms with Gasteiger partial charge in [-0.3, -0.25) is 10.2 Å². The van der Waals surface area contributed by atoms with Gasteiger partial charge in [-0.05, 0) is 36.8 Å². The molecule has 2 fully saturated rings. The molecule has 2 aliphatic rings. The first-order chi connectivity index (χ1) is 18.1. The lowest BCUT2D eigenvalue weighted by molar-refractivity contribution is -0.0737. The van der Waals surface area contributed by atoms with Crippen molar-refractivity contribution in [2.45, 2.75) is 13.0 Å². The monoisotopic (exact) mass is 511 g/mol. The highest BCUT2D eigenvalue weighted by Crippen LogP contribution is 2.40. The third kappa shape index (κ3) is 4.64. The van der Waals surface area contributed by atoms with E-state index >= 15 is 0 Å². The molecular weight excluding hydrogens is 486 g/mol. The van der Waals surface area contributed by atoms with Gasteiger partial charge in [0.15, 0.2) is 5.13 Å². The van der Waals surface area contributed by atoms with E-state index in [4.69, 9.17) is 9.72 Å². The fourth-order valence-electron chi connectivity index (χ4n) is 4.72. The molecule has 2 amide bonds. The molecule has 10 heteroatoms. The van der Waals surface area contributed by atoms with Crippen LogP contribution in [0.3, 0.4) is 0 Å². The van der Waals surface area contributed by atoms with Crippen LogP contribution in [0.15, 0.2) is 48.8 Å². The highest BCUT2D eigenvalue weighted by Gasteiger charge is 2.30. The average molecular weight is 512 g/mol. The smallest absolute Gasteiger partial charge is 0.323 e. The number of aryl methyl sites for hydroxylation is 1. The second-order valence-corrected chi connectivity index (χ2v) is 10.2. The summed E-state index contributed by atoms with van der Waals surface area (Å²) in [6.07, 6.45) is 1.57. The minimum Gasteiger partial charge on any atom is -0.378 e. The van der Waals surface area contributed by atoms with Crippen LogP contribution < -0.4 is 5.32 Å². The molecule has 0 saturated carbocycles. The number of thiazole rings is 1. The lowest BCUT2D eigenvalue weighted by Crippen LogP contribution is -2.57. The van der Waals surface area contributed by atoms with Gasteiger partial charge in [0.25, 0.3) is 0 Å². The summed E-state index contributed by atoms with van der Waals surface area (Å²) in [5, 5.41) is 13.9. The van der Waals surface area contributed by atoms with Gasteiger partial charge in [-0.15, -0.1) is 0 Å². The van der Waals surface area contributed by atoms with E-state index in [9.17, 15) is 10.1 Å². The van der Waals surface area contributed by atoms with E-state index in [1.165, 1.54) is 11.3 Å². The molecule has 0 atom stereocenters. The molecule has 186 valence electrons. The van der Waals surface area contributed by atoms with Crippen LogP contribution in [-0.4, -0.2) is 76.2 Å². The molecule has 4 heterocycles. The first-order valence-electron chi connectivity index (χ1n) is 12.2. The number of urea groups is 1. The van der Waals surface area contributed by atoms with Gasteiger partial charge < -0.3 is 9.64 Å². The van der Waals surface area contributed by atoms with Crippen LogP contribution in [-0.2, 0) is 4.74 Å². The van der Waals surface area contributed by atoms with Crippen LogP contribution in [0.4, 0.5) is 9.93 Å². The summed E-state index contributed by atoms with van der Waals surface area (Å²) in [7, 11) is 0. The molecular formula is C27H25N7O2S. The Morgan fingerprint density at radius 1 is 1.11 bits per heavy atom. The molecule has 2 aliphatic heterocycles. The van der Waals surface area contributed by atoms with Crippen molar-refractivity contribution < 1.29 is 9.53 Å². The predicted octanol–water partition coefficient (Wildman–Crippen LogP) is 4.15. The minimum atomic E-state index is -0.148. The van der Waals surface area contributed by atoms with Crippen LogP contribution >= 0.6 is 11.3 Å². The normalized spacial score (nSPS) is 16.4. The van der Waals surface area contributed by atoms with Crippen LogP contribution in [0.2, 0.25) is 0 Å². The number of rotatable bonds is 4. The molecule has 0 unspecified atom stereocenters. The molecule has 9 nitrogen and oxygen atoms in total. The Bertz CT molecular complexity index is 1520. The summed E-state index contributed by atoms with van der Waals surface area (Å²) < 4.78 is 5.31. The minimum absolute atomic E-state index is 0.148. The molecule has 1 N–H and O–H groups in total. The van der Waals surface area contributed by atoms with E-state index in [0.29, 0.717) is 29.8 Å². The number of aromatic nitrogens is 3. The zero-order valence-corrected chi connectivity index (χ0v) is 21.2. The van der Waals surface area contributed by atoms with Crippen molar-refractivity contribution in [3.05, 3.63) is 60.0 Å². The van der Waals surface area contributed by atoms with Crippen molar-refractivity contribution in [2.75, 3.05) is 44.7 Å². The van der Waals surface area contributed by atoms with Crippen molar-refractivity contribution in [1.82, 2.24) is 24.8 Å². The van der Waals surface area contributed by atoms with Crippen LogP contribution in [0.5, 0.6) is 0 Å². The number of carbonyl (C=O) groups is 1. The van der Waals surface area contributed by atoms with Crippen LogP contribution in [0, 0.1) is 18.3 Å².